The monoisotopic (exact) mass is 440 g/mol. The van der Waals surface area contributed by atoms with Gasteiger partial charge in [-0.05, 0) is 97.6 Å². The summed E-state index contributed by atoms with van der Waals surface area (Å²) in [6.45, 7) is 0. The number of methoxy groups -OCH3 is 1. The quantitative estimate of drug-likeness (QED) is 0.732. The second-order valence-electron chi connectivity index (χ2n) is 9.64. The van der Waals surface area contributed by atoms with Crippen molar-refractivity contribution in [2.45, 2.75) is 48.8 Å². The number of hydrogen-bond donors (Lipinski definition) is 2. The van der Waals surface area contributed by atoms with Crippen LogP contribution in [-0.2, 0) is 15.4 Å². The van der Waals surface area contributed by atoms with E-state index < -0.39 is 15.9 Å². The zero-order valence-corrected chi connectivity index (χ0v) is 18.5. The highest BCUT2D eigenvalue weighted by Gasteiger charge is 2.51. The van der Waals surface area contributed by atoms with Crippen LogP contribution in [0.5, 0.6) is 5.75 Å². The van der Waals surface area contributed by atoms with Crippen molar-refractivity contribution in [3.63, 3.8) is 0 Å². The molecule has 0 spiro atoms. The predicted molar refractivity (Wildman–Crippen MR) is 119 cm³/mol. The molecular formula is C24H28N2O4S. The summed E-state index contributed by atoms with van der Waals surface area (Å²) in [5.41, 5.74) is 2.49. The largest absolute Gasteiger partial charge is 0.496 e. The van der Waals surface area contributed by atoms with E-state index in [0.717, 1.165) is 17.8 Å². The van der Waals surface area contributed by atoms with E-state index in [2.05, 4.69) is 17.4 Å². The lowest BCUT2D eigenvalue weighted by Crippen LogP contribution is -2.48. The first-order valence-corrected chi connectivity index (χ1v) is 12.4. The molecule has 4 aliphatic carbocycles. The molecule has 3 N–H and O–H groups in total. The lowest BCUT2D eigenvalue weighted by molar-refractivity contribution is -0.00518. The topological polar surface area (TPSA) is 98.5 Å². The van der Waals surface area contributed by atoms with Crippen LogP contribution in [0.2, 0.25) is 0 Å². The van der Waals surface area contributed by atoms with Gasteiger partial charge in [-0.25, -0.2) is 13.6 Å². The molecule has 0 radical (unpaired) electrons. The van der Waals surface area contributed by atoms with Crippen LogP contribution in [0.25, 0.3) is 0 Å². The Labute approximate surface area is 183 Å². The Kier molecular flexibility index (Phi) is 4.86. The number of amides is 1. The van der Waals surface area contributed by atoms with Gasteiger partial charge in [0.1, 0.15) is 5.75 Å². The summed E-state index contributed by atoms with van der Waals surface area (Å²) in [6.07, 6.45) is 8.11. The molecule has 0 saturated heterocycles. The molecule has 0 unspecified atom stereocenters. The van der Waals surface area contributed by atoms with Gasteiger partial charge in [-0.3, -0.25) is 4.79 Å². The Morgan fingerprint density at radius 3 is 2.10 bits per heavy atom. The molecule has 6 nitrogen and oxygen atoms in total. The van der Waals surface area contributed by atoms with E-state index in [-0.39, 0.29) is 16.2 Å². The van der Waals surface area contributed by atoms with Gasteiger partial charge in [0.2, 0.25) is 10.0 Å². The van der Waals surface area contributed by atoms with Gasteiger partial charge in [0.15, 0.2) is 0 Å². The molecule has 4 fully saturated rings. The maximum absolute atomic E-state index is 12.9. The van der Waals surface area contributed by atoms with E-state index in [9.17, 15) is 13.2 Å². The summed E-state index contributed by atoms with van der Waals surface area (Å²) < 4.78 is 28.6. The number of rotatable bonds is 5. The molecule has 0 aromatic heterocycles. The van der Waals surface area contributed by atoms with E-state index in [1.807, 2.05) is 12.1 Å². The molecule has 6 rings (SSSR count). The fourth-order valence-electron chi connectivity index (χ4n) is 6.61. The number of ether oxygens (including phenoxy) is 1. The van der Waals surface area contributed by atoms with Crippen molar-refractivity contribution in [2.24, 2.45) is 22.9 Å². The highest BCUT2D eigenvalue weighted by atomic mass is 32.2. The average Bonchev–Trinajstić information content (AvgIpc) is 2.72. The van der Waals surface area contributed by atoms with Gasteiger partial charge < -0.3 is 10.1 Å². The van der Waals surface area contributed by atoms with Gasteiger partial charge in [-0.15, -0.1) is 0 Å². The third kappa shape index (κ3) is 3.74. The van der Waals surface area contributed by atoms with Crippen LogP contribution < -0.4 is 15.2 Å². The van der Waals surface area contributed by atoms with Crippen molar-refractivity contribution in [1.82, 2.24) is 0 Å². The van der Waals surface area contributed by atoms with Gasteiger partial charge in [-0.2, -0.15) is 0 Å². The maximum atomic E-state index is 12.9. The van der Waals surface area contributed by atoms with E-state index in [1.165, 1.54) is 69.4 Å². The minimum atomic E-state index is -3.92. The standard InChI is InChI=1S/C24H28N2O4S/c1-30-22-7-6-20(31(25,28)29)11-21(22)23(27)26-19-4-2-18(3-5-19)24-12-15-8-16(13-24)10-17(9-15)14-24/h2-7,11,15-17H,8-10,12-14H2,1H3,(H,26,27)(H2,25,28,29). The van der Waals surface area contributed by atoms with Crippen molar-refractivity contribution in [3.05, 3.63) is 53.6 Å². The normalized spacial score (nSPS) is 29.0. The number of carbonyl (C=O) groups is 1. The van der Waals surface area contributed by atoms with E-state index in [0.29, 0.717) is 11.1 Å². The Hall–Kier alpha value is -2.38. The molecule has 0 heterocycles. The molecule has 0 atom stereocenters. The first-order chi connectivity index (χ1) is 14.8. The second kappa shape index (κ2) is 7.35. The number of primary sulfonamides is 1. The molecule has 31 heavy (non-hydrogen) atoms. The van der Waals surface area contributed by atoms with E-state index in [4.69, 9.17) is 9.88 Å². The van der Waals surface area contributed by atoms with Crippen LogP contribution in [0.3, 0.4) is 0 Å². The van der Waals surface area contributed by atoms with E-state index in [1.54, 1.807) is 0 Å². The molecule has 0 aliphatic heterocycles. The van der Waals surface area contributed by atoms with Crippen LogP contribution in [0.4, 0.5) is 5.69 Å². The summed E-state index contributed by atoms with van der Waals surface area (Å²) in [7, 11) is -2.49. The van der Waals surface area contributed by atoms with Gasteiger partial charge in [0, 0.05) is 5.69 Å². The zero-order chi connectivity index (χ0) is 21.8. The summed E-state index contributed by atoms with van der Waals surface area (Å²) in [4.78, 5) is 12.7. The molecule has 4 aliphatic rings. The Balaban J connectivity index is 1.37. The SMILES string of the molecule is COc1ccc(S(N)(=O)=O)cc1C(=O)Nc1ccc(C23CC4CC(CC(C4)C2)C3)cc1. The third-order valence-corrected chi connectivity index (χ3v) is 8.45. The van der Waals surface area contributed by atoms with Crippen molar-refractivity contribution >= 4 is 21.6 Å². The number of nitrogens with one attached hydrogen (secondary N) is 1. The summed E-state index contributed by atoms with van der Waals surface area (Å²) in [6, 6.07) is 12.2. The third-order valence-electron chi connectivity index (χ3n) is 7.54. The maximum Gasteiger partial charge on any atom is 0.259 e. The van der Waals surface area contributed by atoms with E-state index >= 15 is 0 Å². The van der Waals surface area contributed by atoms with Gasteiger partial charge >= 0.3 is 0 Å². The average molecular weight is 441 g/mol. The smallest absolute Gasteiger partial charge is 0.259 e. The minimum absolute atomic E-state index is 0.124. The summed E-state index contributed by atoms with van der Waals surface area (Å²) in [5.74, 6) is 2.48. The first kappa shape index (κ1) is 20.5. The number of hydrogen-bond acceptors (Lipinski definition) is 4. The molecular weight excluding hydrogens is 412 g/mol. The van der Waals surface area contributed by atoms with Crippen molar-refractivity contribution in [2.75, 3.05) is 12.4 Å². The lowest BCUT2D eigenvalue weighted by Gasteiger charge is -2.57. The molecule has 4 bridgehead atoms. The fraction of sp³-hybridized carbons (Fsp3) is 0.458. The summed E-state index contributed by atoms with van der Waals surface area (Å²) in [5, 5.41) is 8.07. The minimum Gasteiger partial charge on any atom is -0.496 e. The van der Waals surface area contributed by atoms with Crippen LogP contribution in [0.15, 0.2) is 47.4 Å². The second-order valence-corrected chi connectivity index (χ2v) is 11.2. The fourth-order valence-corrected chi connectivity index (χ4v) is 7.15. The first-order valence-electron chi connectivity index (χ1n) is 10.9. The number of sulfonamides is 1. The Morgan fingerprint density at radius 1 is 1.00 bits per heavy atom. The molecule has 7 heteroatoms. The van der Waals surface area contributed by atoms with Gasteiger partial charge in [0.25, 0.3) is 5.91 Å². The molecule has 1 amide bonds. The lowest BCUT2D eigenvalue weighted by atomic mass is 9.48. The van der Waals surface area contributed by atoms with Crippen molar-refractivity contribution in [1.29, 1.82) is 0 Å². The van der Waals surface area contributed by atoms with Crippen LogP contribution >= 0.6 is 0 Å². The van der Waals surface area contributed by atoms with Gasteiger partial charge in [0.05, 0.1) is 17.6 Å². The highest BCUT2D eigenvalue weighted by Crippen LogP contribution is 2.60. The van der Waals surface area contributed by atoms with Gasteiger partial charge in [-0.1, -0.05) is 12.1 Å². The number of benzene rings is 2. The van der Waals surface area contributed by atoms with Crippen LogP contribution in [0.1, 0.15) is 54.4 Å². The number of nitrogens with two attached hydrogens (primary N) is 1. The van der Waals surface area contributed by atoms with Crippen LogP contribution in [-0.4, -0.2) is 21.4 Å². The highest BCUT2D eigenvalue weighted by molar-refractivity contribution is 7.89. The molecule has 2 aromatic rings. The zero-order valence-electron chi connectivity index (χ0n) is 17.6. The molecule has 164 valence electrons. The predicted octanol–water partition coefficient (Wildman–Crippen LogP) is 4.06. The molecule has 2 aromatic carbocycles. The Morgan fingerprint density at radius 2 is 1.58 bits per heavy atom. The van der Waals surface area contributed by atoms with Crippen molar-refractivity contribution < 1.29 is 17.9 Å². The Bertz CT molecular complexity index is 1090. The molecule has 4 saturated carbocycles. The van der Waals surface area contributed by atoms with Crippen molar-refractivity contribution in [3.8, 4) is 5.75 Å². The van der Waals surface area contributed by atoms with Crippen LogP contribution in [0, 0.1) is 17.8 Å². The summed E-state index contributed by atoms with van der Waals surface area (Å²) >= 11 is 0. The number of carbonyl (C=O) groups excluding carboxylic acids is 1. The number of anilines is 1.